The van der Waals surface area contributed by atoms with Crippen LogP contribution in [0.5, 0.6) is 0 Å². The van der Waals surface area contributed by atoms with Gasteiger partial charge in [-0.2, -0.15) is 5.10 Å². The molecule has 0 radical (unpaired) electrons. The largest absolute Gasteiger partial charge is 0.255 e. The molecule has 0 aliphatic heterocycles. The molecule has 0 aromatic carbocycles. The summed E-state index contributed by atoms with van der Waals surface area (Å²) in [6.07, 6.45) is 3.71. The molecule has 0 unspecified atom stereocenters. The molecule has 2 rings (SSSR count). The number of hydrogen-bond acceptors (Lipinski definition) is 7. The Morgan fingerprint density at radius 3 is 2.94 bits per heavy atom. The van der Waals surface area contributed by atoms with Crippen molar-refractivity contribution in [1.29, 1.82) is 0 Å². The summed E-state index contributed by atoms with van der Waals surface area (Å²) < 4.78 is 0.915. The Hall–Kier alpha value is -1.47. The Kier molecular flexibility index (Phi) is 4.05. The van der Waals surface area contributed by atoms with Crippen molar-refractivity contribution in [1.82, 2.24) is 15.2 Å². The van der Waals surface area contributed by atoms with E-state index in [0.29, 0.717) is 5.13 Å². The van der Waals surface area contributed by atoms with Crippen LogP contribution >= 0.6 is 23.1 Å². The number of hydrogen-bond donors (Lipinski definition) is 1. The molecular weight excluding hydrogens is 254 g/mol. The summed E-state index contributed by atoms with van der Waals surface area (Å²) in [6, 6.07) is 5.71. The highest BCUT2D eigenvalue weighted by molar-refractivity contribution is 8.00. The lowest BCUT2D eigenvalue weighted by Gasteiger charge is -1.98. The summed E-state index contributed by atoms with van der Waals surface area (Å²) in [5.74, 6) is 0. The van der Waals surface area contributed by atoms with Crippen LogP contribution in [0.15, 0.2) is 33.8 Å². The molecule has 0 aliphatic rings. The van der Waals surface area contributed by atoms with Crippen LogP contribution in [0, 0.1) is 0 Å². The van der Waals surface area contributed by atoms with Crippen LogP contribution in [-0.4, -0.2) is 27.1 Å². The quantitative estimate of drug-likeness (QED) is 0.523. The average molecular weight is 265 g/mol. The number of nitrogens with one attached hydrogen (secondary N) is 1. The van der Waals surface area contributed by atoms with Crippen molar-refractivity contribution in [2.75, 3.05) is 11.7 Å². The van der Waals surface area contributed by atoms with E-state index in [1.807, 2.05) is 31.4 Å². The Labute approximate surface area is 107 Å². The van der Waals surface area contributed by atoms with Gasteiger partial charge in [0.2, 0.25) is 5.13 Å². The lowest BCUT2D eigenvalue weighted by atomic mass is 10.3. The molecule has 5 nitrogen and oxygen atoms in total. The molecule has 0 saturated heterocycles. The summed E-state index contributed by atoms with van der Waals surface area (Å²) in [5, 5.41) is 12.8. The summed E-state index contributed by atoms with van der Waals surface area (Å²) in [4.78, 5) is 4.20. The predicted octanol–water partition coefficient (Wildman–Crippen LogP) is 2.49. The van der Waals surface area contributed by atoms with Gasteiger partial charge in [-0.15, -0.1) is 10.2 Å². The van der Waals surface area contributed by atoms with E-state index in [2.05, 4.69) is 25.7 Å². The zero-order valence-electron chi connectivity index (χ0n) is 9.41. The fourth-order valence-electron chi connectivity index (χ4n) is 1.10. The van der Waals surface area contributed by atoms with Crippen LogP contribution < -0.4 is 5.43 Å². The molecule has 0 atom stereocenters. The van der Waals surface area contributed by atoms with E-state index in [1.54, 1.807) is 18.0 Å². The molecule has 17 heavy (non-hydrogen) atoms. The van der Waals surface area contributed by atoms with Crippen molar-refractivity contribution in [2.24, 2.45) is 5.10 Å². The maximum absolute atomic E-state index is 4.22. The zero-order valence-corrected chi connectivity index (χ0v) is 11.0. The van der Waals surface area contributed by atoms with Gasteiger partial charge >= 0.3 is 0 Å². The Morgan fingerprint density at radius 2 is 2.29 bits per heavy atom. The third kappa shape index (κ3) is 3.24. The van der Waals surface area contributed by atoms with Crippen LogP contribution in [0.2, 0.25) is 0 Å². The molecule has 1 N–H and O–H groups in total. The van der Waals surface area contributed by atoms with Crippen molar-refractivity contribution >= 4 is 33.9 Å². The fourth-order valence-corrected chi connectivity index (χ4v) is 2.22. The van der Waals surface area contributed by atoms with Crippen molar-refractivity contribution in [3.8, 4) is 0 Å². The third-order valence-corrected chi connectivity index (χ3v) is 3.74. The zero-order chi connectivity index (χ0) is 12.1. The number of anilines is 1. The molecule has 7 heteroatoms. The SMILES string of the molecule is CSc1nnc(NN=C(C)c2ccccn2)s1. The second-order valence-corrected chi connectivity index (χ2v) is 5.13. The first-order chi connectivity index (χ1) is 8.29. The first kappa shape index (κ1) is 12.0. The molecule has 0 spiro atoms. The van der Waals surface area contributed by atoms with E-state index in [0.717, 1.165) is 15.7 Å². The van der Waals surface area contributed by atoms with Crippen LogP contribution in [0.4, 0.5) is 5.13 Å². The number of nitrogens with zero attached hydrogens (tertiary/aromatic N) is 4. The van der Waals surface area contributed by atoms with Gasteiger partial charge < -0.3 is 0 Å². The third-order valence-electron chi connectivity index (χ3n) is 1.94. The second kappa shape index (κ2) is 5.74. The van der Waals surface area contributed by atoms with E-state index in [9.17, 15) is 0 Å². The van der Waals surface area contributed by atoms with Crippen molar-refractivity contribution in [3.05, 3.63) is 30.1 Å². The molecule has 2 aromatic heterocycles. The average Bonchev–Trinajstić information content (AvgIpc) is 2.85. The minimum atomic E-state index is 0.685. The minimum Gasteiger partial charge on any atom is -0.255 e. The van der Waals surface area contributed by atoms with Gasteiger partial charge in [-0.25, -0.2) is 0 Å². The molecule has 0 fully saturated rings. The van der Waals surface area contributed by atoms with E-state index < -0.39 is 0 Å². The topological polar surface area (TPSA) is 63.1 Å². The van der Waals surface area contributed by atoms with Gasteiger partial charge in [0.05, 0.1) is 11.4 Å². The van der Waals surface area contributed by atoms with Crippen LogP contribution in [0.1, 0.15) is 12.6 Å². The van der Waals surface area contributed by atoms with Crippen LogP contribution in [0.25, 0.3) is 0 Å². The molecule has 88 valence electrons. The first-order valence-corrected chi connectivity index (χ1v) is 6.93. The van der Waals surface area contributed by atoms with Crippen molar-refractivity contribution in [3.63, 3.8) is 0 Å². The molecule has 2 aromatic rings. The number of thioether (sulfide) groups is 1. The first-order valence-electron chi connectivity index (χ1n) is 4.89. The smallest absolute Gasteiger partial charge is 0.226 e. The van der Waals surface area contributed by atoms with Gasteiger partial charge in [-0.3, -0.25) is 10.4 Å². The standard InChI is InChI=1S/C10H11N5S2/c1-7(8-5-3-4-6-11-8)12-13-9-14-15-10(16-2)17-9/h3-6H,1-2H3,(H,13,14). The molecular formula is C10H11N5S2. The highest BCUT2D eigenvalue weighted by Gasteiger charge is 2.02. The van der Waals surface area contributed by atoms with E-state index in [1.165, 1.54) is 11.3 Å². The number of aromatic nitrogens is 3. The monoisotopic (exact) mass is 265 g/mol. The summed E-state index contributed by atoms with van der Waals surface area (Å²) in [6.45, 7) is 1.89. The maximum Gasteiger partial charge on any atom is 0.226 e. The van der Waals surface area contributed by atoms with Gasteiger partial charge in [0.25, 0.3) is 0 Å². The molecule has 0 bridgehead atoms. The number of rotatable bonds is 4. The lowest BCUT2D eigenvalue weighted by molar-refractivity contribution is 1.01. The minimum absolute atomic E-state index is 0.685. The maximum atomic E-state index is 4.22. The van der Waals surface area contributed by atoms with Crippen LogP contribution in [-0.2, 0) is 0 Å². The fraction of sp³-hybridized carbons (Fsp3) is 0.200. The molecule has 2 heterocycles. The summed E-state index contributed by atoms with van der Waals surface area (Å²) in [5.41, 5.74) is 4.53. The normalized spacial score (nSPS) is 11.5. The summed E-state index contributed by atoms with van der Waals surface area (Å²) in [7, 11) is 0. The Bertz CT molecular complexity index is 508. The van der Waals surface area contributed by atoms with E-state index in [4.69, 9.17) is 0 Å². The predicted molar refractivity (Wildman–Crippen MR) is 71.8 cm³/mol. The van der Waals surface area contributed by atoms with Crippen LogP contribution in [0.3, 0.4) is 0 Å². The Morgan fingerprint density at radius 1 is 1.41 bits per heavy atom. The van der Waals surface area contributed by atoms with Gasteiger partial charge in [0, 0.05) is 6.20 Å². The number of hydrazone groups is 1. The molecule has 0 saturated carbocycles. The van der Waals surface area contributed by atoms with Gasteiger partial charge in [-0.05, 0) is 25.3 Å². The number of pyridine rings is 1. The lowest BCUT2D eigenvalue weighted by Crippen LogP contribution is -2.01. The molecule has 0 aliphatic carbocycles. The second-order valence-electron chi connectivity index (χ2n) is 3.10. The highest BCUT2D eigenvalue weighted by atomic mass is 32.2. The highest BCUT2D eigenvalue weighted by Crippen LogP contribution is 2.22. The van der Waals surface area contributed by atoms with Gasteiger partial charge in [-0.1, -0.05) is 29.2 Å². The summed E-state index contributed by atoms with van der Waals surface area (Å²) >= 11 is 3.04. The molecule has 0 amide bonds. The van der Waals surface area contributed by atoms with Gasteiger partial charge in [0.15, 0.2) is 4.34 Å². The van der Waals surface area contributed by atoms with E-state index in [-0.39, 0.29) is 0 Å². The Balaban J connectivity index is 2.05. The van der Waals surface area contributed by atoms with Crippen molar-refractivity contribution < 1.29 is 0 Å². The van der Waals surface area contributed by atoms with Gasteiger partial charge in [0.1, 0.15) is 0 Å². The van der Waals surface area contributed by atoms with E-state index >= 15 is 0 Å². The van der Waals surface area contributed by atoms with Crippen molar-refractivity contribution in [2.45, 2.75) is 11.3 Å².